The Kier molecular flexibility index (Phi) is 8.79. The summed E-state index contributed by atoms with van der Waals surface area (Å²) in [5, 5.41) is 7.81. The van der Waals surface area contributed by atoms with Crippen LogP contribution < -0.4 is 10.6 Å². The van der Waals surface area contributed by atoms with Crippen LogP contribution in [0.2, 0.25) is 5.02 Å². The largest absolute Gasteiger partial charge is 0.356 e. The maximum Gasteiger partial charge on any atom is 0.190 e. The van der Waals surface area contributed by atoms with E-state index < -0.39 is 0 Å². The fourth-order valence-electron chi connectivity index (χ4n) is 3.24. The standard InChI is InChI=1S/C19H29ClN4.HI/c1-21-19(22-12-15-6-7-15)23-13-16-8-10-24(11-9-16)14-17-4-2-3-5-18(17)20;/h2-5,15-16H,6-14H2,1H3,(H2,21,22,23);1H. The molecule has 0 bridgehead atoms. The molecule has 1 aliphatic carbocycles. The fraction of sp³-hybridized carbons (Fsp3) is 0.632. The van der Waals surface area contributed by atoms with Crippen molar-refractivity contribution in [3.8, 4) is 0 Å². The zero-order chi connectivity index (χ0) is 16.8. The average Bonchev–Trinajstić information content (AvgIpc) is 3.43. The van der Waals surface area contributed by atoms with Crippen molar-refractivity contribution < 1.29 is 0 Å². The minimum Gasteiger partial charge on any atom is -0.356 e. The molecule has 1 aliphatic heterocycles. The fourth-order valence-corrected chi connectivity index (χ4v) is 3.44. The van der Waals surface area contributed by atoms with Crippen molar-refractivity contribution in [1.82, 2.24) is 15.5 Å². The van der Waals surface area contributed by atoms with Crippen LogP contribution >= 0.6 is 35.6 Å². The molecule has 0 spiro atoms. The predicted molar refractivity (Wildman–Crippen MR) is 117 cm³/mol. The number of guanidine groups is 1. The van der Waals surface area contributed by atoms with Crippen molar-refractivity contribution in [3.05, 3.63) is 34.9 Å². The molecule has 6 heteroatoms. The molecule has 2 aliphatic rings. The molecule has 1 aromatic carbocycles. The topological polar surface area (TPSA) is 39.7 Å². The lowest BCUT2D eigenvalue weighted by molar-refractivity contribution is 0.178. The van der Waals surface area contributed by atoms with Crippen LogP contribution in [0.3, 0.4) is 0 Å². The summed E-state index contributed by atoms with van der Waals surface area (Å²) >= 11 is 6.27. The Hall–Kier alpha value is -0.530. The molecule has 0 unspecified atom stereocenters. The van der Waals surface area contributed by atoms with Gasteiger partial charge in [0.1, 0.15) is 0 Å². The maximum atomic E-state index is 6.27. The molecule has 0 aromatic heterocycles. The second kappa shape index (κ2) is 10.6. The van der Waals surface area contributed by atoms with Gasteiger partial charge in [-0.2, -0.15) is 0 Å². The van der Waals surface area contributed by atoms with E-state index in [-0.39, 0.29) is 24.0 Å². The summed E-state index contributed by atoms with van der Waals surface area (Å²) < 4.78 is 0. The van der Waals surface area contributed by atoms with Crippen molar-refractivity contribution in [2.24, 2.45) is 16.8 Å². The van der Waals surface area contributed by atoms with E-state index in [4.69, 9.17) is 11.6 Å². The summed E-state index contributed by atoms with van der Waals surface area (Å²) in [5.41, 5.74) is 1.24. The highest BCUT2D eigenvalue weighted by atomic mass is 127. The molecule has 0 amide bonds. The molecule has 1 saturated heterocycles. The summed E-state index contributed by atoms with van der Waals surface area (Å²) in [6, 6.07) is 8.17. The van der Waals surface area contributed by atoms with E-state index >= 15 is 0 Å². The van der Waals surface area contributed by atoms with E-state index in [1.807, 2.05) is 19.2 Å². The first-order valence-corrected chi connectivity index (χ1v) is 9.52. The first kappa shape index (κ1) is 20.8. The first-order chi connectivity index (χ1) is 11.7. The third kappa shape index (κ3) is 6.94. The van der Waals surface area contributed by atoms with E-state index in [1.54, 1.807) is 0 Å². The van der Waals surface area contributed by atoms with E-state index in [9.17, 15) is 0 Å². The van der Waals surface area contributed by atoms with Gasteiger partial charge in [-0.05, 0) is 62.2 Å². The number of nitrogens with one attached hydrogen (secondary N) is 2. The van der Waals surface area contributed by atoms with E-state index in [0.29, 0.717) is 0 Å². The number of aliphatic imine (C=N–C) groups is 1. The van der Waals surface area contributed by atoms with Gasteiger partial charge in [0.15, 0.2) is 5.96 Å². The first-order valence-electron chi connectivity index (χ1n) is 9.15. The van der Waals surface area contributed by atoms with Gasteiger partial charge in [0.25, 0.3) is 0 Å². The Bertz CT molecular complexity index is 554. The molecule has 140 valence electrons. The van der Waals surface area contributed by atoms with Crippen molar-refractivity contribution in [3.63, 3.8) is 0 Å². The molecule has 1 saturated carbocycles. The van der Waals surface area contributed by atoms with Crippen molar-refractivity contribution in [1.29, 1.82) is 0 Å². The van der Waals surface area contributed by atoms with E-state index in [2.05, 4.69) is 32.7 Å². The molecule has 3 rings (SSSR count). The number of hydrogen-bond donors (Lipinski definition) is 2. The van der Waals surface area contributed by atoms with Crippen molar-refractivity contribution in [2.75, 3.05) is 33.2 Å². The molecular formula is C19H30ClIN4. The Morgan fingerprint density at radius 2 is 1.68 bits per heavy atom. The number of rotatable bonds is 6. The number of benzene rings is 1. The number of piperidine rings is 1. The molecule has 2 N–H and O–H groups in total. The highest BCUT2D eigenvalue weighted by molar-refractivity contribution is 14.0. The quantitative estimate of drug-likeness (QED) is 0.373. The van der Waals surface area contributed by atoms with E-state index in [0.717, 1.165) is 55.5 Å². The van der Waals surface area contributed by atoms with Gasteiger partial charge in [-0.3, -0.25) is 9.89 Å². The molecule has 1 heterocycles. The Morgan fingerprint density at radius 3 is 2.24 bits per heavy atom. The Morgan fingerprint density at radius 1 is 1.08 bits per heavy atom. The van der Waals surface area contributed by atoms with Crippen LogP contribution in [-0.2, 0) is 6.54 Å². The van der Waals surface area contributed by atoms with Gasteiger partial charge in [-0.15, -0.1) is 24.0 Å². The second-order valence-corrected chi connectivity index (χ2v) is 7.50. The summed E-state index contributed by atoms with van der Waals surface area (Å²) in [5.74, 6) is 2.56. The average molecular weight is 477 g/mol. The van der Waals surface area contributed by atoms with Crippen LogP contribution in [0.5, 0.6) is 0 Å². The highest BCUT2D eigenvalue weighted by Crippen LogP contribution is 2.27. The Balaban J connectivity index is 0.00000225. The molecule has 25 heavy (non-hydrogen) atoms. The number of hydrogen-bond acceptors (Lipinski definition) is 2. The zero-order valence-electron chi connectivity index (χ0n) is 15.0. The van der Waals surface area contributed by atoms with Gasteiger partial charge in [0, 0.05) is 31.7 Å². The SMILES string of the molecule is CN=C(NCC1CC1)NCC1CCN(Cc2ccccc2Cl)CC1.I. The summed E-state index contributed by atoms with van der Waals surface area (Å²) in [6.07, 6.45) is 5.20. The molecule has 0 atom stereocenters. The van der Waals surface area contributed by atoms with Gasteiger partial charge in [0.05, 0.1) is 0 Å². The summed E-state index contributed by atoms with van der Waals surface area (Å²) in [4.78, 5) is 6.83. The van der Waals surface area contributed by atoms with Crippen LogP contribution in [0.15, 0.2) is 29.3 Å². The molecule has 4 nitrogen and oxygen atoms in total. The lowest BCUT2D eigenvalue weighted by atomic mass is 9.96. The predicted octanol–water partition coefficient (Wildman–Crippen LogP) is 3.75. The third-order valence-corrected chi connectivity index (χ3v) is 5.46. The number of likely N-dealkylation sites (tertiary alicyclic amines) is 1. The van der Waals surface area contributed by atoms with Gasteiger partial charge in [0.2, 0.25) is 0 Å². The van der Waals surface area contributed by atoms with Crippen LogP contribution in [0.4, 0.5) is 0 Å². The minimum absolute atomic E-state index is 0. The van der Waals surface area contributed by atoms with Gasteiger partial charge in [-0.25, -0.2) is 0 Å². The van der Waals surface area contributed by atoms with Gasteiger partial charge < -0.3 is 10.6 Å². The van der Waals surface area contributed by atoms with E-state index in [1.165, 1.54) is 31.2 Å². The number of halogens is 2. The minimum atomic E-state index is 0. The highest BCUT2D eigenvalue weighted by Gasteiger charge is 2.22. The van der Waals surface area contributed by atoms with Crippen LogP contribution in [-0.4, -0.2) is 44.1 Å². The smallest absolute Gasteiger partial charge is 0.190 e. The van der Waals surface area contributed by atoms with Crippen LogP contribution in [0, 0.1) is 11.8 Å². The van der Waals surface area contributed by atoms with Crippen molar-refractivity contribution >= 4 is 41.5 Å². The monoisotopic (exact) mass is 476 g/mol. The van der Waals surface area contributed by atoms with Crippen molar-refractivity contribution in [2.45, 2.75) is 32.2 Å². The second-order valence-electron chi connectivity index (χ2n) is 7.09. The Labute approximate surface area is 173 Å². The maximum absolute atomic E-state index is 6.27. The summed E-state index contributed by atoms with van der Waals surface area (Å²) in [7, 11) is 1.86. The van der Waals surface area contributed by atoms with Crippen LogP contribution in [0.25, 0.3) is 0 Å². The molecule has 0 radical (unpaired) electrons. The lowest BCUT2D eigenvalue weighted by Crippen LogP contribution is -2.43. The van der Waals surface area contributed by atoms with Gasteiger partial charge >= 0.3 is 0 Å². The molecule has 1 aromatic rings. The van der Waals surface area contributed by atoms with Gasteiger partial charge in [-0.1, -0.05) is 29.8 Å². The third-order valence-electron chi connectivity index (χ3n) is 5.10. The summed E-state index contributed by atoms with van der Waals surface area (Å²) in [6.45, 7) is 5.34. The normalized spacial score (nSPS) is 19.4. The number of nitrogens with zero attached hydrogens (tertiary/aromatic N) is 2. The zero-order valence-corrected chi connectivity index (χ0v) is 18.1. The van der Waals surface area contributed by atoms with Crippen LogP contribution in [0.1, 0.15) is 31.2 Å². The molecular weight excluding hydrogens is 447 g/mol. The lowest BCUT2D eigenvalue weighted by Gasteiger charge is -2.32. The molecule has 2 fully saturated rings.